The molecule has 0 aromatic carbocycles. The number of nitrogens with zero attached hydrogens (tertiary/aromatic N) is 2. The van der Waals surface area contributed by atoms with Crippen molar-refractivity contribution in [2.75, 3.05) is 11.9 Å². The highest BCUT2D eigenvalue weighted by atomic mass is 32.2. The molecule has 106 valence electrons. The van der Waals surface area contributed by atoms with E-state index >= 15 is 0 Å². The van der Waals surface area contributed by atoms with Crippen LogP contribution in [0.5, 0.6) is 0 Å². The van der Waals surface area contributed by atoms with Crippen molar-refractivity contribution in [3.05, 3.63) is 12.4 Å². The first-order valence-corrected chi connectivity index (χ1v) is 7.22. The van der Waals surface area contributed by atoms with Crippen LogP contribution in [-0.2, 0) is 14.8 Å². The summed E-state index contributed by atoms with van der Waals surface area (Å²) in [6.07, 6.45) is 3.24. The van der Waals surface area contributed by atoms with Gasteiger partial charge < -0.3 is 11.1 Å². The summed E-state index contributed by atoms with van der Waals surface area (Å²) >= 11 is 0. The summed E-state index contributed by atoms with van der Waals surface area (Å²) in [5.74, 6) is -0.408. The number of amides is 1. The van der Waals surface area contributed by atoms with Crippen molar-refractivity contribution in [2.24, 2.45) is 5.73 Å². The van der Waals surface area contributed by atoms with Crippen molar-refractivity contribution < 1.29 is 13.2 Å². The van der Waals surface area contributed by atoms with Gasteiger partial charge in [0.15, 0.2) is 0 Å². The predicted octanol–water partition coefficient (Wildman–Crippen LogP) is -0.549. The van der Waals surface area contributed by atoms with Gasteiger partial charge in [0.25, 0.3) is 0 Å². The number of hydrogen-bond acceptors (Lipinski definition) is 6. The van der Waals surface area contributed by atoms with Gasteiger partial charge in [-0.3, -0.25) is 4.79 Å². The van der Waals surface area contributed by atoms with Gasteiger partial charge in [-0.05, 0) is 13.3 Å². The smallest absolute Gasteiger partial charge is 0.244 e. The number of nitrogens with two attached hydrogens (primary N) is 1. The summed E-state index contributed by atoms with van der Waals surface area (Å²) in [7, 11) is -3.85. The second-order valence-corrected chi connectivity index (χ2v) is 5.63. The van der Waals surface area contributed by atoms with E-state index in [1.807, 2.05) is 6.92 Å². The zero-order chi connectivity index (χ0) is 14.5. The maximum atomic E-state index is 11.9. The first-order chi connectivity index (χ1) is 8.86. The fourth-order valence-corrected chi connectivity index (χ4v) is 2.24. The summed E-state index contributed by atoms with van der Waals surface area (Å²) < 4.78 is 25.8. The lowest BCUT2D eigenvalue weighted by molar-refractivity contribution is -0.119. The molecular formula is C10H17N5O3S. The van der Waals surface area contributed by atoms with Crippen LogP contribution in [0.15, 0.2) is 17.3 Å². The summed E-state index contributed by atoms with van der Waals surface area (Å²) in [6.45, 7) is 4.04. The quantitative estimate of drug-likeness (QED) is 0.617. The molecule has 1 atom stereocenters. The molecule has 4 N–H and O–H groups in total. The van der Waals surface area contributed by atoms with E-state index in [1.54, 1.807) is 0 Å². The van der Waals surface area contributed by atoms with Crippen molar-refractivity contribution in [1.82, 2.24) is 14.7 Å². The van der Waals surface area contributed by atoms with E-state index in [-0.39, 0.29) is 4.90 Å². The average molecular weight is 287 g/mol. The topological polar surface area (TPSA) is 127 Å². The number of sulfonamides is 1. The maximum Gasteiger partial charge on any atom is 0.244 e. The van der Waals surface area contributed by atoms with E-state index in [0.717, 1.165) is 6.42 Å². The molecule has 1 rings (SSSR count). The number of hydrogen-bond donors (Lipinski definition) is 3. The van der Waals surface area contributed by atoms with E-state index in [4.69, 9.17) is 5.73 Å². The van der Waals surface area contributed by atoms with E-state index in [9.17, 15) is 13.2 Å². The lowest BCUT2D eigenvalue weighted by Gasteiger charge is -2.10. The number of primary amides is 1. The van der Waals surface area contributed by atoms with Crippen molar-refractivity contribution >= 4 is 21.9 Å². The molecule has 0 aliphatic carbocycles. The first kappa shape index (κ1) is 15.3. The first-order valence-electron chi connectivity index (χ1n) is 5.74. The van der Waals surface area contributed by atoms with E-state index in [1.165, 1.54) is 19.3 Å². The van der Waals surface area contributed by atoms with E-state index < -0.39 is 22.0 Å². The standard InChI is InChI=1S/C10H17N5O3S/c1-3-4-12-10-13-5-8(6-14-10)19(17,18)15-7(2)9(11)16/h5-7,15H,3-4H2,1-2H3,(H2,11,16)(H,12,13,14). The Labute approximate surface area is 111 Å². The summed E-state index contributed by atoms with van der Waals surface area (Å²) in [5.41, 5.74) is 4.99. The molecule has 1 unspecified atom stereocenters. The molecule has 0 saturated carbocycles. The third-order valence-electron chi connectivity index (χ3n) is 2.23. The maximum absolute atomic E-state index is 11.9. The van der Waals surface area contributed by atoms with Gasteiger partial charge in [-0.25, -0.2) is 18.4 Å². The number of anilines is 1. The van der Waals surface area contributed by atoms with E-state index in [2.05, 4.69) is 20.0 Å². The average Bonchev–Trinajstić information content (AvgIpc) is 2.36. The van der Waals surface area contributed by atoms with Crippen LogP contribution in [-0.4, -0.2) is 36.9 Å². The third kappa shape index (κ3) is 4.45. The van der Waals surface area contributed by atoms with Crippen molar-refractivity contribution in [3.63, 3.8) is 0 Å². The Morgan fingerprint density at radius 3 is 2.47 bits per heavy atom. The van der Waals surface area contributed by atoms with Crippen LogP contribution in [0.25, 0.3) is 0 Å². The van der Waals surface area contributed by atoms with Gasteiger partial charge in [-0.2, -0.15) is 4.72 Å². The molecule has 8 nitrogen and oxygen atoms in total. The van der Waals surface area contributed by atoms with Gasteiger partial charge in [-0.1, -0.05) is 6.92 Å². The molecule has 1 amide bonds. The third-order valence-corrected chi connectivity index (χ3v) is 3.73. The minimum absolute atomic E-state index is 0.123. The number of nitrogens with one attached hydrogen (secondary N) is 2. The zero-order valence-electron chi connectivity index (χ0n) is 10.8. The van der Waals surface area contributed by atoms with Gasteiger partial charge >= 0.3 is 0 Å². The normalized spacial score (nSPS) is 12.9. The lowest BCUT2D eigenvalue weighted by atomic mass is 10.4. The van der Waals surface area contributed by atoms with Gasteiger partial charge in [0.1, 0.15) is 4.90 Å². The fourth-order valence-electron chi connectivity index (χ4n) is 1.14. The Balaban J connectivity index is 2.81. The van der Waals surface area contributed by atoms with Gasteiger partial charge in [0, 0.05) is 6.54 Å². The Morgan fingerprint density at radius 1 is 1.42 bits per heavy atom. The molecule has 0 saturated heterocycles. The number of carbonyl (C=O) groups is 1. The predicted molar refractivity (Wildman–Crippen MR) is 69.8 cm³/mol. The van der Waals surface area contributed by atoms with Crippen LogP contribution in [0.1, 0.15) is 20.3 Å². The van der Waals surface area contributed by atoms with Crippen LogP contribution in [0.4, 0.5) is 5.95 Å². The molecule has 0 radical (unpaired) electrons. The van der Waals surface area contributed by atoms with Gasteiger partial charge in [-0.15, -0.1) is 0 Å². The van der Waals surface area contributed by atoms with Crippen LogP contribution in [0.2, 0.25) is 0 Å². The molecule has 0 aliphatic rings. The van der Waals surface area contributed by atoms with E-state index in [0.29, 0.717) is 12.5 Å². The second-order valence-electron chi connectivity index (χ2n) is 3.91. The molecular weight excluding hydrogens is 270 g/mol. The SMILES string of the molecule is CCCNc1ncc(S(=O)(=O)NC(C)C(N)=O)cn1. The largest absolute Gasteiger partial charge is 0.368 e. The number of aromatic nitrogens is 2. The second kappa shape index (κ2) is 6.43. The van der Waals surface area contributed by atoms with Crippen LogP contribution in [0, 0.1) is 0 Å². The van der Waals surface area contributed by atoms with Crippen LogP contribution < -0.4 is 15.8 Å². The summed E-state index contributed by atoms with van der Waals surface area (Å²) in [5, 5.41) is 2.92. The van der Waals surface area contributed by atoms with Crippen LogP contribution in [0.3, 0.4) is 0 Å². The Morgan fingerprint density at radius 2 is 2.00 bits per heavy atom. The lowest BCUT2D eigenvalue weighted by Crippen LogP contribution is -2.42. The Bertz CT molecular complexity index is 529. The van der Waals surface area contributed by atoms with Crippen molar-refractivity contribution in [3.8, 4) is 0 Å². The fraction of sp³-hybridized carbons (Fsp3) is 0.500. The summed E-state index contributed by atoms with van der Waals surface area (Å²) in [4.78, 5) is 18.5. The minimum Gasteiger partial charge on any atom is -0.368 e. The molecule has 0 bridgehead atoms. The molecule has 1 heterocycles. The highest BCUT2D eigenvalue weighted by Crippen LogP contribution is 2.08. The Kier molecular flexibility index (Phi) is 5.19. The van der Waals surface area contributed by atoms with Crippen molar-refractivity contribution in [2.45, 2.75) is 31.2 Å². The van der Waals surface area contributed by atoms with Crippen molar-refractivity contribution in [1.29, 1.82) is 0 Å². The summed E-state index contributed by atoms with van der Waals surface area (Å²) in [6, 6.07) is -0.997. The Hall–Kier alpha value is -1.74. The molecule has 0 spiro atoms. The van der Waals surface area contributed by atoms with Gasteiger partial charge in [0.05, 0.1) is 18.4 Å². The monoisotopic (exact) mass is 287 g/mol. The molecule has 0 aliphatic heterocycles. The highest BCUT2D eigenvalue weighted by Gasteiger charge is 2.21. The zero-order valence-corrected chi connectivity index (χ0v) is 11.6. The molecule has 19 heavy (non-hydrogen) atoms. The van der Waals surface area contributed by atoms with Gasteiger partial charge in [0.2, 0.25) is 21.9 Å². The van der Waals surface area contributed by atoms with Crippen LogP contribution >= 0.6 is 0 Å². The minimum atomic E-state index is -3.85. The molecule has 1 aromatic heterocycles. The molecule has 9 heteroatoms. The highest BCUT2D eigenvalue weighted by molar-refractivity contribution is 7.89. The number of rotatable bonds is 7. The molecule has 1 aromatic rings. The molecule has 0 fully saturated rings. The number of carbonyl (C=O) groups excluding carboxylic acids is 1.